The quantitative estimate of drug-likeness (QED) is 0.0588. The first-order valence-electron chi connectivity index (χ1n) is 23.3. The van der Waals surface area contributed by atoms with Gasteiger partial charge < -0.3 is 0 Å². The first-order valence-corrected chi connectivity index (χ1v) is 23.3. The molecule has 0 fully saturated rings. The molecule has 0 aliphatic rings. The van der Waals surface area contributed by atoms with Crippen LogP contribution in [0.5, 0.6) is 0 Å². The molecule has 0 aromatic carbocycles. The smallest absolute Gasteiger partial charge is 0.132 e. The monoisotopic (exact) mass is 675 g/mol. The molecule has 0 atom stereocenters. The average Bonchev–Trinajstić information content (AvgIpc) is 3.09. The highest BCUT2D eigenvalue weighted by Gasteiger charge is 2.09. The van der Waals surface area contributed by atoms with Gasteiger partial charge in [-0.15, -0.1) is 0 Å². The van der Waals surface area contributed by atoms with Crippen molar-refractivity contribution in [3.63, 3.8) is 0 Å². The second-order valence-corrected chi connectivity index (χ2v) is 16.3. The number of carbonyl (C=O) groups is 1. The summed E-state index contributed by atoms with van der Waals surface area (Å²) in [6.07, 6.45) is 58.3. The lowest BCUT2D eigenvalue weighted by Crippen LogP contribution is -2.02. The van der Waals surface area contributed by atoms with E-state index in [0.717, 1.165) is 31.6 Å². The second kappa shape index (κ2) is 42.8. The van der Waals surface area contributed by atoms with E-state index in [-0.39, 0.29) is 0 Å². The van der Waals surface area contributed by atoms with Crippen molar-refractivity contribution in [2.75, 3.05) is 0 Å². The molecule has 1 nitrogen and oxygen atoms in total. The lowest BCUT2D eigenvalue weighted by molar-refractivity contribution is -0.119. The van der Waals surface area contributed by atoms with Crippen molar-refractivity contribution in [2.24, 2.45) is 5.92 Å². The minimum atomic E-state index is 0.531. The van der Waals surface area contributed by atoms with Gasteiger partial charge in [-0.05, 0) is 18.8 Å². The molecular formula is C47H94O. The fraction of sp³-hybridized carbons (Fsp3) is 0.979. The van der Waals surface area contributed by atoms with Crippen molar-refractivity contribution in [2.45, 2.75) is 290 Å². The minimum Gasteiger partial charge on any atom is -0.300 e. The third-order valence-electron chi connectivity index (χ3n) is 11.3. The number of unbranched alkanes of at least 4 members (excludes halogenated alkanes) is 33. The number of Topliss-reactive ketones (excluding diaryl/α,β-unsaturated/α-hetero) is 1. The van der Waals surface area contributed by atoms with Crippen LogP contribution in [0.1, 0.15) is 290 Å². The third kappa shape index (κ3) is 40.1. The minimum absolute atomic E-state index is 0.531. The van der Waals surface area contributed by atoms with Gasteiger partial charge in [-0.1, -0.05) is 265 Å². The van der Waals surface area contributed by atoms with Crippen LogP contribution in [0.25, 0.3) is 0 Å². The van der Waals surface area contributed by atoms with E-state index in [1.54, 1.807) is 0 Å². The van der Waals surface area contributed by atoms with Crippen molar-refractivity contribution in [1.29, 1.82) is 0 Å². The molecule has 0 bridgehead atoms. The normalized spacial score (nSPS) is 11.7. The molecule has 0 aromatic rings. The van der Waals surface area contributed by atoms with Crippen molar-refractivity contribution < 1.29 is 4.79 Å². The summed E-state index contributed by atoms with van der Waals surface area (Å²) in [4.78, 5) is 12.2. The van der Waals surface area contributed by atoms with E-state index in [2.05, 4.69) is 20.8 Å². The van der Waals surface area contributed by atoms with Gasteiger partial charge in [0.1, 0.15) is 5.78 Å². The summed E-state index contributed by atoms with van der Waals surface area (Å²) in [6, 6.07) is 0. The molecule has 0 aromatic heterocycles. The zero-order valence-electron chi connectivity index (χ0n) is 34.2. The van der Waals surface area contributed by atoms with E-state index in [4.69, 9.17) is 0 Å². The van der Waals surface area contributed by atoms with Crippen LogP contribution >= 0.6 is 0 Å². The third-order valence-corrected chi connectivity index (χ3v) is 11.3. The molecule has 0 heterocycles. The van der Waals surface area contributed by atoms with Gasteiger partial charge in [0.15, 0.2) is 0 Å². The number of carbonyl (C=O) groups excluding carboxylic acids is 1. The van der Waals surface area contributed by atoms with Crippen LogP contribution < -0.4 is 0 Å². The predicted molar refractivity (Wildman–Crippen MR) is 219 cm³/mol. The van der Waals surface area contributed by atoms with E-state index in [1.165, 1.54) is 244 Å². The van der Waals surface area contributed by atoms with E-state index < -0.39 is 0 Å². The predicted octanol–water partition coefficient (Wildman–Crippen LogP) is 17.6. The van der Waals surface area contributed by atoms with Crippen molar-refractivity contribution in [3.05, 3.63) is 0 Å². The number of rotatable bonds is 43. The molecule has 0 unspecified atom stereocenters. The Morgan fingerprint density at radius 3 is 0.688 bits per heavy atom. The van der Waals surface area contributed by atoms with Crippen LogP contribution in [0.4, 0.5) is 0 Å². The van der Waals surface area contributed by atoms with Gasteiger partial charge >= 0.3 is 0 Å². The lowest BCUT2D eigenvalue weighted by atomic mass is 9.89. The van der Waals surface area contributed by atoms with Crippen molar-refractivity contribution in [3.8, 4) is 0 Å². The summed E-state index contributed by atoms with van der Waals surface area (Å²) in [5.74, 6) is 1.53. The van der Waals surface area contributed by atoms with E-state index in [0.29, 0.717) is 5.78 Å². The molecule has 0 saturated carbocycles. The average molecular weight is 675 g/mol. The Kier molecular flexibility index (Phi) is 42.5. The molecule has 0 amide bonds. The Balaban J connectivity index is 3.86. The van der Waals surface area contributed by atoms with Crippen molar-refractivity contribution >= 4 is 5.78 Å². The zero-order valence-corrected chi connectivity index (χ0v) is 34.2. The summed E-state index contributed by atoms with van der Waals surface area (Å²) >= 11 is 0. The van der Waals surface area contributed by atoms with Crippen LogP contribution in [-0.2, 0) is 4.79 Å². The Bertz CT molecular complexity index is 558. The van der Waals surface area contributed by atoms with Gasteiger partial charge in [0.25, 0.3) is 0 Å². The van der Waals surface area contributed by atoms with Gasteiger partial charge in [-0.2, -0.15) is 0 Å². The van der Waals surface area contributed by atoms with E-state index in [1.807, 2.05) is 0 Å². The lowest BCUT2D eigenvalue weighted by Gasteiger charge is -2.17. The first-order chi connectivity index (χ1) is 23.7. The Morgan fingerprint density at radius 1 is 0.271 bits per heavy atom. The van der Waals surface area contributed by atoms with Gasteiger partial charge in [0.2, 0.25) is 0 Å². The fourth-order valence-corrected chi connectivity index (χ4v) is 7.85. The molecule has 0 radical (unpaired) electrons. The van der Waals surface area contributed by atoms with E-state index >= 15 is 0 Å². The van der Waals surface area contributed by atoms with Crippen LogP contribution in [0.2, 0.25) is 0 Å². The van der Waals surface area contributed by atoms with Gasteiger partial charge in [0, 0.05) is 12.8 Å². The largest absolute Gasteiger partial charge is 0.300 e. The molecule has 48 heavy (non-hydrogen) atoms. The highest BCUT2D eigenvalue weighted by Crippen LogP contribution is 2.25. The number of hydrogen-bond donors (Lipinski definition) is 0. The summed E-state index contributed by atoms with van der Waals surface area (Å²) in [5.41, 5.74) is 0. The molecule has 0 aliphatic carbocycles. The Labute approximate surface area is 306 Å². The molecule has 0 saturated heterocycles. The number of ketones is 1. The maximum atomic E-state index is 12.2. The highest BCUT2D eigenvalue weighted by atomic mass is 16.1. The Hall–Kier alpha value is -0.330. The Morgan fingerprint density at radius 2 is 0.458 bits per heavy atom. The molecular weight excluding hydrogens is 581 g/mol. The molecule has 0 N–H and O–H groups in total. The molecule has 0 spiro atoms. The highest BCUT2D eigenvalue weighted by molar-refractivity contribution is 5.78. The van der Waals surface area contributed by atoms with Crippen molar-refractivity contribution in [1.82, 2.24) is 0 Å². The van der Waals surface area contributed by atoms with Gasteiger partial charge in [0.05, 0.1) is 0 Å². The SMILES string of the molecule is CCCCCCCCCCCCC(CCCCCCCCCCCC)CCCCCCCCCCC(=O)CCCCCCCCCCC. The zero-order chi connectivity index (χ0) is 34.9. The molecule has 0 aliphatic heterocycles. The van der Waals surface area contributed by atoms with Crippen LogP contribution in [-0.4, -0.2) is 5.78 Å². The standard InChI is InChI=1S/C47H94O/c1-4-7-10-13-16-19-22-26-31-36-41-46(42-37-32-27-23-20-17-14-11-8-5-2)43-38-33-28-24-25-30-35-40-45-47(48)44-39-34-29-21-18-15-12-9-6-3/h46H,4-45H2,1-3H3. The van der Waals surface area contributed by atoms with Crippen LogP contribution in [0.15, 0.2) is 0 Å². The summed E-state index contributed by atoms with van der Waals surface area (Å²) in [7, 11) is 0. The first kappa shape index (κ1) is 47.7. The maximum absolute atomic E-state index is 12.2. The summed E-state index contributed by atoms with van der Waals surface area (Å²) < 4.78 is 0. The molecule has 288 valence electrons. The van der Waals surface area contributed by atoms with Crippen LogP contribution in [0.3, 0.4) is 0 Å². The summed E-state index contributed by atoms with van der Waals surface area (Å²) in [6.45, 7) is 6.92. The van der Waals surface area contributed by atoms with E-state index in [9.17, 15) is 4.79 Å². The topological polar surface area (TPSA) is 17.1 Å². The van der Waals surface area contributed by atoms with Crippen LogP contribution in [0, 0.1) is 5.92 Å². The van der Waals surface area contributed by atoms with Gasteiger partial charge in [-0.25, -0.2) is 0 Å². The van der Waals surface area contributed by atoms with Gasteiger partial charge in [-0.3, -0.25) is 4.79 Å². The summed E-state index contributed by atoms with van der Waals surface area (Å²) in [5, 5.41) is 0. The molecule has 1 heteroatoms. The molecule has 0 rings (SSSR count). The maximum Gasteiger partial charge on any atom is 0.132 e. The second-order valence-electron chi connectivity index (χ2n) is 16.3. The number of hydrogen-bond acceptors (Lipinski definition) is 1. The fourth-order valence-electron chi connectivity index (χ4n) is 7.85.